The molecule has 20 heavy (non-hydrogen) atoms. The Balaban J connectivity index is 1.93. The van der Waals surface area contributed by atoms with Gasteiger partial charge in [0.1, 0.15) is 16.6 Å². The van der Waals surface area contributed by atoms with Crippen LogP contribution in [-0.2, 0) is 0 Å². The largest absolute Gasteiger partial charge is 0.368 e. The van der Waals surface area contributed by atoms with Gasteiger partial charge in [-0.15, -0.1) is 11.8 Å². The lowest BCUT2D eigenvalue weighted by Crippen LogP contribution is -2.16. The number of aromatic nitrogens is 1. The highest BCUT2D eigenvalue weighted by molar-refractivity contribution is 7.99. The van der Waals surface area contributed by atoms with E-state index in [0.717, 1.165) is 22.2 Å². The van der Waals surface area contributed by atoms with Crippen LogP contribution >= 0.6 is 46.5 Å². The fourth-order valence-corrected chi connectivity index (χ4v) is 4.41. The van der Waals surface area contributed by atoms with Crippen LogP contribution in [0, 0.1) is 11.3 Å². The summed E-state index contributed by atoms with van der Waals surface area (Å²) in [5.41, 5.74) is 1.58. The average molecular weight is 342 g/mol. The van der Waals surface area contributed by atoms with Crippen molar-refractivity contribution in [1.29, 1.82) is 5.26 Å². The quantitative estimate of drug-likeness (QED) is 0.837. The van der Waals surface area contributed by atoms with Crippen LogP contribution < -0.4 is 5.32 Å². The van der Waals surface area contributed by atoms with Gasteiger partial charge >= 0.3 is 0 Å². The van der Waals surface area contributed by atoms with E-state index in [4.69, 9.17) is 28.5 Å². The minimum absolute atomic E-state index is 0.133. The highest BCUT2D eigenvalue weighted by atomic mass is 35.5. The maximum Gasteiger partial charge on any atom is 0.162 e. The lowest BCUT2D eigenvalue weighted by molar-refractivity contribution is 0.731. The molecule has 0 radical (unpaired) electrons. The van der Waals surface area contributed by atoms with Crippen LogP contribution in [0.4, 0.5) is 5.00 Å². The van der Waals surface area contributed by atoms with Crippen LogP contribution in [0.5, 0.6) is 0 Å². The number of nitrogens with one attached hydrogen (secondary N) is 1. The van der Waals surface area contributed by atoms with Gasteiger partial charge in [-0.25, -0.2) is 0 Å². The van der Waals surface area contributed by atoms with E-state index < -0.39 is 0 Å². The number of hydrogen-bond acceptors (Lipinski definition) is 5. The molecule has 2 aromatic rings. The van der Waals surface area contributed by atoms with Crippen LogP contribution in [0.15, 0.2) is 23.1 Å². The van der Waals surface area contributed by atoms with E-state index in [2.05, 4.69) is 15.8 Å². The SMILES string of the molecule is N#Cc1c(Cl)nsc1NC1CCSc2ccc(Cl)cc21. The Hall–Kier alpha value is -0.930. The molecule has 0 aliphatic carbocycles. The molecule has 1 aliphatic heterocycles. The zero-order valence-corrected chi connectivity index (χ0v) is 13.3. The number of benzene rings is 1. The first-order valence-electron chi connectivity index (χ1n) is 5.93. The lowest BCUT2D eigenvalue weighted by atomic mass is 10.0. The summed E-state index contributed by atoms with van der Waals surface area (Å²) in [5.74, 6) is 1.03. The standard InChI is InChI=1S/C13H9Cl2N3S2/c14-7-1-2-11-8(5-7)10(3-4-19-11)17-13-9(6-16)12(15)18-20-13/h1-2,5,10,17H,3-4H2. The first-order valence-corrected chi connectivity index (χ1v) is 8.44. The molecule has 3 rings (SSSR count). The number of hydrogen-bond donors (Lipinski definition) is 1. The number of thioether (sulfide) groups is 1. The van der Waals surface area contributed by atoms with E-state index in [0.29, 0.717) is 5.56 Å². The predicted octanol–water partition coefficient (Wildman–Crippen LogP) is 4.97. The molecule has 1 atom stereocenters. The number of rotatable bonds is 2. The van der Waals surface area contributed by atoms with Gasteiger partial charge in [0.25, 0.3) is 0 Å². The van der Waals surface area contributed by atoms with Gasteiger partial charge in [0.15, 0.2) is 5.15 Å². The van der Waals surface area contributed by atoms with Gasteiger partial charge in [0.05, 0.1) is 6.04 Å². The van der Waals surface area contributed by atoms with E-state index >= 15 is 0 Å². The fraction of sp³-hybridized carbons (Fsp3) is 0.231. The summed E-state index contributed by atoms with van der Waals surface area (Å²) in [6.45, 7) is 0. The highest BCUT2D eigenvalue weighted by Crippen LogP contribution is 2.40. The Kier molecular flexibility index (Phi) is 4.08. The summed E-state index contributed by atoms with van der Waals surface area (Å²) >= 11 is 15.0. The smallest absolute Gasteiger partial charge is 0.162 e. The summed E-state index contributed by atoms with van der Waals surface area (Å²) < 4.78 is 4.02. The van der Waals surface area contributed by atoms with Crippen molar-refractivity contribution in [1.82, 2.24) is 4.37 Å². The van der Waals surface area contributed by atoms with Crippen molar-refractivity contribution in [2.24, 2.45) is 0 Å². The second-order valence-electron chi connectivity index (χ2n) is 4.31. The molecule has 7 heteroatoms. The Bertz CT molecular complexity index is 693. The first-order chi connectivity index (χ1) is 9.69. The molecule has 1 aromatic carbocycles. The molecule has 0 amide bonds. The molecule has 0 fully saturated rings. The van der Waals surface area contributed by atoms with E-state index in [1.54, 1.807) is 0 Å². The Morgan fingerprint density at radius 2 is 2.25 bits per heavy atom. The Labute approximate surface area is 135 Å². The molecule has 0 saturated heterocycles. The third kappa shape index (κ3) is 2.61. The lowest BCUT2D eigenvalue weighted by Gasteiger charge is -2.26. The van der Waals surface area contributed by atoms with Crippen LogP contribution in [0.25, 0.3) is 0 Å². The number of nitriles is 1. The van der Waals surface area contributed by atoms with E-state index in [1.807, 2.05) is 30.0 Å². The maximum atomic E-state index is 9.12. The highest BCUT2D eigenvalue weighted by Gasteiger charge is 2.23. The van der Waals surface area contributed by atoms with Crippen LogP contribution in [0.1, 0.15) is 23.6 Å². The summed E-state index contributed by atoms with van der Waals surface area (Å²) in [7, 11) is 0. The van der Waals surface area contributed by atoms with Gasteiger partial charge in [-0.3, -0.25) is 0 Å². The van der Waals surface area contributed by atoms with Crippen LogP contribution in [-0.4, -0.2) is 10.1 Å². The summed E-state index contributed by atoms with van der Waals surface area (Å²) in [6.07, 6.45) is 0.971. The van der Waals surface area contributed by atoms with Gasteiger partial charge in [-0.05, 0) is 41.7 Å². The zero-order chi connectivity index (χ0) is 14.1. The number of nitrogens with zero attached hydrogens (tertiary/aromatic N) is 2. The van der Waals surface area contributed by atoms with E-state index in [1.165, 1.54) is 22.0 Å². The second kappa shape index (κ2) is 5.82. The van der Waals surface area contributed by atoms with Gasteiger partial charge < -0.3 is 5.32 Å². The van der Waals surface area contributed by atoms with Crippen LogP contribution in [0.3, 0.4) is 0 Å². The molecule has 1 N–H and O–H groups in total. The summed E-state index contributed by atoms with van der Waals surface area (Å²) in [5, 5.41) is 14.2. The molecule has 1 aromatic heterocycles. The molecule has 2 heterocycles. The van der Waals surface area contributed by atoms with Crippen molar-refractivity contribution in [2.75, 3.05) is 11.1 Å². The van der Waals surface area contributed by atoms with Gasteiger partial charge in [0, 0.05) is 15.7 Å². The maximum absolute atomic E-state index is 9.12. The predicted molar refractivity (Wildman–Crippen MR) is 85.0 cm³/mol. The molecular formula is C13H9Cl2N3S2. The van der Waals surface area contributed by atoms with Crippen molar-refractivity contribution in [2.45, 2.75) is 17.4 Å². The average Bonchev–Trinajstić information content (AvgIpc) is 2.80. The molecule has 3 nitrogen and oxygen atoms in total. The summed E-state index contributed by atoms with van der Waals surface area (Å²) in [6, 6.07) is 8.15. The van der Waals surface area contributed by atoms with Crippen molar-refractivity contribution in [3.8, 4) is 6.07 Å². The van der Waals surface area contributed by atoms with Gasteiger partial charge in [-0.2, -0.15) is 9.64 Å². The van der Waals surface area contributed by atoms with Crippen LogP contribution in [0.2, 0.25) is 10.2 Å². The van der Waals surface area contributed by atoms with Crippen molar-refractivity contribution < 1.29 is 0 Å². The first kappa shape index (κ1) is 14.0. The Morgan fingerprint density at radius 1 is 1.40 bits per heavy atom. The van der Waals surface area contributed by atoms with Crippen molar-refractivity contribution in [3.05, 3.63) is 39.5 Å². The number of halogens is 2. The molecule has 1 unspecified atom stereocenters. The monoisotopic (exact) mass is 341 g/mol. The molecule has 0 bridgehead atoms. The second-order valence-corrected chi connectivity index (χ2v) is 7.01. The molecular weight excluding hydrogens is 333 g/mol. The van der Waals surface area contributed by atoms with Gasteiger partial charge in [-0.1, -0.05) is 23.2 Å². The zero-order valence-electron chi connectivity index (χ0n) is 10.2. The number of anilines is 1. The minimum atomic E-state index is 0.133. The van der Waals surface area contributed by atoms with E-state index in [9.17, 15) is 0 Å². The van der Waals surface area contributed by atoms with Crippen molar-refractivity contribution in [3.63, 3.8) is 0 Å². The molecule has 0 saturated carbocycles. The normalized spacial score (nSPS) is 17.4. The third-order valence-electron chi connectivity index (χ3n) is 3.08. The number of fused-ring (bicyclic) bond motifs is 1. The topological polar surface area (TPSA) is 48.7 Å². The minimum Gasteiger partial charge on any atom is -0.368 e. The molecule has 0 spiro atoms. The van der Waals surface area contributed by atoms with E-state index in [-0.39, 0.29) is 11.2 Å². The fourth-order valence-electron chi connectivity index (χ4n) is 2.14. The third-order valence-corrected chi connectivity index (χ3v) is 5.59. The summed E-state index contributed by atoms with van der Waals surface area (Å²) in [4.78, 5) is 1.23. The van der Waals surface area contributed by atoms with Gasteiger partial charge in [0.2, 0.25) is 0 Å². The van der Waals surface area contributed by atoms with Crippen molar-refractivity contribution >= 4 is 51.5 Å². The molecule has 1 aliphatic rings. The molecule has 102 valence electrons. The Morgan fingerprint density at radius 3 is 3.05 bits per heavy atom.